The number of amides is 1. The van der Waals surface area contributed by atoms with Crippen LogP contribution in [0.15, 0.2) is 24.3 Å². The van der Waals surface area contributed by atoms with Gasteiger partial charge in [-0.15, -0.1) is 0 Å². The van der Waals surface area contributed by atoms with Gasteiger partial charge in [-0.05, 0) is 25.0 Å². The van der Waals surface area contributed by atoms with Crippen molar-refractivity contribution in [1.29, 1.82) is 0 Å². The van der Waals surface area contributed by atoms with Gasteiger partial charge in [-0.25, -0.2) is 0 Å². The summed E-state index contributed by atoms with van der Waals surface area (Å²) in [6, 6.07) is 7.72. The number of aliphatic carboxylic acids is 1. The molecular weight excluding hydrogens is 268 g/mol. The van der Waals surface area contributed by atoms with E-state index in [-0.39, 0.29) is 18.5 Å². The minimum absolute atomic E-state index is 0.0218. The number of carboxylic acid groups (broad SMARTS) is 1. The summed E-state index contributed by atoms with van der Waals surface area (Å²) in [5.41, 5.74) is 1.86. The highest BCUT2D eigenvalue weighted by atomic mass is 16.4. The minimum Gasteiger partial charge on any atom is -0.481 e. The molecule has 1 heterocycles. The number of hydrogen-bond donors (Lipinski definition) is 1. The molecule has 0 saturated carbocycles. The van der Waals surface area contributed by atoms with Crippen LogP contribution in [0.2, 0.25) is 0 Å². The van der Waals surface area contributed by atoms with Crippen molar-refractivity contribution < 1.29 is 14.7 Å². The van der Waals surface area contributed by atoms with Crippen molar-refractivity contribution in [3.05, 3.63) is 35.4 Å². The number of rotatable bonds is 4. The van der Waals surface area contributed by atoms with Gasteiger partial charge in [-0.2, -0.15) is 0 Å². The molecule has 5 nitrogen and oxygen atoms in total. The predicted octanol–water partition coefficient (Wildman–Crippen LogP) is 1.54. The lowest BCUT2D eigenvalue weighted by Gasteiger charge is -2.33. The van der Waals surface area contributed by atoms with E-state index in [4.69, 9.17) is 0 Å². The van der Waals surface area contributed by atoms with Crippen molar-refractivity contribution in [3.8, 4) is 0 Å². The Balaban J connectivity index is 2.15. The van der Waals surface area contributed by atoms with E-state index in [1.165, 1.54) is 0 Å². The highest BCUT2D eigenvalue weighted by Gasteiger charge is 2.31. The Morgan fingerprint density at radius 2 is 2.05 bits per heavy atom. The summed E-state index contributed by atoms with van der Waals surface area (Å²) >= 11 is 0. The lowest BCUT2D eigenvalue weighted by molar-refractivity contribution is -0.141. The number of nitrogens with zero attached hydrogens (tertiary/aromatic N) is 2. The van der Waals surface area contributed by atoms with Gasteiger partial charge in [0.1, 0.15) is 0 Å². The Morgan fingerprint density at radius 3 is 2.67 bits per heavy atom. The maximum absolute atomic E-state index is 12.2. The molecule has 0 bridgehead atoms. The molecule has 0 aromatic heterocycles. The Bertz CT molecular complexity index is 542. The van der Waals surface area contributed by atoms with E-state index >= 15 is 0 Å². The van der Waals surface area contributed by atoms with Crippen molar-refractivity contribution in [2.24, 2.45) is 0 Å². The van der Waals surface area contributed by atoms with Gasteiger partial charge in [0.25, 0.3) is 0 Å². The van der Waals surface area contributed by atoms with Gasteiger partial charge < -0.3 is 10.0 Å². The third-order valence-electron chi connectivity index (χ3n) is 4.09. The van der Waals surface area contributed by atoms with E-state index in [0.29, 0.717) is 13.1 Å². The van der Waals surface area contributed by atoms with Gasteiger partial charge in [0.15, 0.2) is 0 Å². The fourth-order valence-electron chi connectivity index (χ4n) is 2.60. The van der Waals surface area contributed by atoms with Crippen molar-refractivity contribution in [3.63, 3.8) is 0 Å². The quantitative estimate of drug-likeness (QED) is 0.913. The highest BCUT2D eigenvalue weighted by molar-refractivity contribution is 5.80. The van der Waals surface area contributed by atoms with Crippen molar-refractivity contribution in [1.82, 2.24) is 9.80 Å². The Morgan fingerprint density at radius 1 is 1.38 bits per heavy atom. The van der Waals surface area contributed by atoms with Gasteiger partial charge in [0, 0.05) is 26.2 Å². The Kier molecular flexibility index (Phi) is 4.63. The smallest absolute Gasteiger partial charge is 0.312 e. The third-order valence-corrected chi connectivity index (χ3v) is 4.09. The van der Waals surface area contributed by atoms with Crippen LogP contribution in [0.5, 0.6) is 0 Å². The topological polar surface area (TPSA) is 60.9 Å². The standard InChI is InChI=1S/C16H22N2O3/c1-11(2)17(3)15(19)10-18-8-12-6-4-5-7-13(12)14(9-18)16(20)21/h4-7,11,14H,8-10H2,1-3H3,(H,20,21). The van der Waals surface area contributed by atoms with E-state index in [1.54, 1.807) is 11.9 Å². The molecule has 1 aliphatic rings. The molecule has 1 amide bonds. The molecule has 0 radical (unpaired) electrons. The first-order valence-corrected chi connectivity index (χ1v) is 7.18. The van der Waals surface area contributed by atoms with Gasteiger partial charge in [0.05, 0.1) is 12.5 Å². The maximum Gasteiger partial charge on any atom is 0.312 e. The van der Waals surface area contributed by atoms with E-state index in [2.05, 4.69) is 0 Å². The zero-order valence-corrected chi connectivity index (χ0v) is 12.7. The van der Waals surface area contributed by atoms with Gasteiger partial charge >= 0.3 is 5.97 Å². The van der Waals surface area contributed by atoms with Crippen LogP contribution in [-0.2, 0) is 16.1 Å². The minimum atomic E-state index is -0.836. The fourth-order valence-corrected chi connectivity index (χ4v) is 2.60. The lowest BCUT2D eigenvalue weighted by Crippen LogP contribution is -2.45. The Labute approximate surface area is 125 Å². The summed E-state index contributed by atoms with van der Waals surface area (Å²) < 4.78 is 0. The molecule has 114 valence electrons. The third kappa shape index (κ3) is 3.42. The molecule has 21 heavy (non-hydrogen) atoms. The summed E-state index contributed by atoms with van der Waals surface area (Å²) in [5.74, 6) is -1.38. The Hall–Kier alpha value is -1.88. The van der Waals surface area contributed by atoms with Crippen LogP contribution in [0, 0.1) is 0 Å². The number of likely N-dealkylation sites (N-methyl/N-ethyl adjacent to an activating group) is 1. The molecule has 0 fully saturated rings. The van der Waals surface area contributed by atoms with Crippen molar-refractivity contribution in [2.75, 3.05) is 20.1 Å². The molecule has 0 spiro atoms. The monoisotopic (exact) mass is 290 g/mol. The molecule has 1 N–H and O–H groups in total. The molecule has 0 aliphatic carbocycles. The van der Waals surface area contributed by atoms with Crippen molar-refractivity contribution in [2.45, 2.75) is 32.4 Å². The summed E-state index contributed by atoms with van der Waals surface area (Å²) in [5, 5.41) is 9.41. The molecule has 2 rings (SSSR count). The summed E-state index contributed by atoms with van der Waals surface area (Å²) in [7, 11) is 1.78. The number of benzene rings is 1. The second-order valence-electron chi connectivity index (χ2n) is 5.86. The van der Waals surface area contributed by atoms with Crippen LogP contribution >= 0.6 is 0 Å². The average molecular weight is 290 g/mol. The van der Waals surface area contributed by atoms with E-state index in [0.717, 1.165) is 11.1 Å². The molecule has 1 aromatic carbocycles. The van der Waals surface area contributed by atoms with Crippen LogP contribution < -0.4 is 0 Å². The van der Waals surface area contributed by atoms with Crippen LogP contribution in [0.3, 0.4) is 0 Å². The summed E-state index contributed by atoms with van der Waals surface area (Å²) in [4.78, 5) is 27.3. The number of carbonyl (C=O) groups is 2. The van der Waals surface area contributed by atoms with Gasteiger partial charge in [0.2, 0.25) is 5.91 Å². The van der Waals surface area contributed by atoms with E-state index in [9.17, 15) is 14.7 Å². The average Bonchev–Trinajstić information content (AvgIpc) is 2.45. The largest absolute Gasteiger partial charge is 0.481 e. The van der Waals surface area contributed by atoms with Gasteiger partial charge in [-0.1, -0.05) is 24.3 Å². The molecule has 1 aromatic rings. The number of carboxylic acids is 1. The zero-order chi connectivity index (χ0) is 15.6. The number of hydrogen-bond acceptors (Lipinski definition) is 3. The fraction of sp³-hybridized carbons (Fsp3) is 0.500. The van der Waals surface area contributed by atoms with Crippen LogP contribution in [-0.4, -0.2) is 53.0 Å². The molecule has 0 saturated heterocycles. The second-order valence-corrected chi connectivity index (χ2v) is 5.86. The highest BCUT2D eigenvalue weighted by Crippen LogP contribution is 2.28. The van der Waals surface area contributed by atoms with Gasteiger partial charge in [-0.3, -0.25) is 14.5 Å². The summed E-state index contributed by atoms with van der Waals surface area (Å²) in [6.07, 6.45) is 0. The van der Waals surface area contributed by atoms with Crippen LogP contribution in [0.25, 0.3) is 0 Å². The predicted molar refractivity (Wildman–Crippen MR) is 80.0 cm³/mol. The van der Waals surface area contributed by atoms with Crippen LogP contribution in [0.1, 0.15) is 30.9 Å². The molecule has 5 heteroatoms. The second kappa shape index (κ2) is 6.26. The number of fused-ring (bicyclic) bond motifs is 1. The summed E-state index contributed by atoms with van der Waals surface area (Å²) in [6.45, 7) is 5.18. The first-order valence-electron chi connectivity index (χ1n) is 7.18. The maximum atomic E-state index is 12.2. The molecule has 1 atom stereocenters. The molecular formula is C16H22N2O3. The number of carbonyl (C=O) groups excluding carboxylic acids is 1. The SMILES string of the molecule is CC(C)N(C)C(=O)CN1Cc2ccccc2C(C(=O)O)C1. The van der Waals surface area contributed by atoms with Crippen molar-refractivity contribution >= 4 is 11.9 Å². The zero-order valence-electron chi connectivity index (χ0n) is 12.7. The lowest BCUT2D eigenvalue weighted by atomic mass is 9.90. The molecule has 1 aliphatic heterocycles. The molecule has 1 unspecified atom stereocenters. The first-order chi connectivity index (χ1) is 9.90. The van der Waals surface area contributed by atoms with E-state index in [1.807, 2.05) is 43.0 Å². The normalized spacial score (nSPS) is 18.4. The van der Waals surface area contributed by atoms with E-state index < -0.39 is 11.9 Å². The van der Waals surface area contributed by atoms with Crippen LogP contribution in [0.4, 0.5) is 0 Å². The first kappa shape index (κ1) is 15.5.